The Labute approximate surface area is 91.4 Å². The molecule has 0 fully saturated rings. The van der Waals surface area contributed by atoms with Gasteiger partial charge in [-0.3, -0.25) is 4.79 Å². The summed E-state index contributed by atoms with van der Waals surface area (Å²) in [6, 6.07) is 1.16. The first-order chi connectivity index (χ1) is 7.45. The second-order valence-electron chi connectivity index (χ2n) is 3.25. The second-order valence-corrected chi connectivity index (χ2v) is 3.25. The smallest absolute Gasteiger partial charge is 0.241 e. The Morgan fingerprint density at radius 3 is 2.31 bits per heavy atom. The minimum absolute atomic E-state index is 0.00176. The Bertz CT molecular complexity index is 385. The number of nitrogens with one attached hydrogen (secondary N) is 1. The first-order valence-electron chi connectivity index (χ1n) is 4.55. The van der Waals surface area contributed by atoms with Crippen LogP contribution in [0.25, 0.3) is 0 Å². The van der Waals surface area contributed by atoms with E-state index in [0.29, 0.717) is 0 Å². The van der Waals surface area contributed by atoms with Gasteiger partial charge in [-0.15, -0.1) is 0 Å². The van der Waals surface area contributed by atoms with E-state index in [1.807, 2.05) is 0 Å². The summed E-state index contributed by atoms with van der Waals surface area (Å²) in [5, 5.41) is 2.27. The van der Waals surface area contributed by atoms with E-state index in [4.69, 9.17) is 5.73 Å². The van der Waals surface area contributed by atoms with E-state index in [9.17, 15) is 13.6 Å². The maximum atomic E-state index is 13.2. The molecule has 1 rings (SSSR count). The van der Waals surface area contributed by atoms with Crippen LogP contribution in [0, 0.1) is 11.6 Å². The summed E-state index contributed by atoms with van der Waals surface area (Å²) in [4.78, 5) is 11.2. The predicted molar refractivity (Wildman–Crippen MR) is 55.2 cm³/mol. The maximum Gasteiger partial charge on any atom is 0.241 e. The van der Waals surface area contributed by atoms with Gasteiger partial charge in [0.2, 0.25) is 5.91 Å². The molecule has 0 unspecified atom stereocenters. The van der Waals surface area contributed by atoms with Crippen molar-refractivity contribution >= 4 is 11.6 Å². The fraction of sp³-hybridized carbons (Fsp3) is 0.300. The molecule has 16 heavy (non-hydrogen) atoms. The molecule has 0 heterocycles. The van der Waals surface area contributed by atoms with Crippen molar-refractivity contribution in [3.8, 4) is 5.75 Å². The fourth-order valence-corrected chi connectivity index (χ4v) is 1.08. The van der Waals surface area contributed by atoms with Crippen molar-refractivity contribution < 1.29 is 18.3 Å². The zero-order valence-corrected chi connectivity index (χ0v) is 8.88. The van der Waals surface area contributed by atoms with E-state index in [1.54, 1.807) is 0 Å². The normalized spacial score (nSPS) is 12.1. The summed E-state index contributed by atoms with van der Waals surface area (Å²) in [7, 11) is 1.15. The van der Waals surface area contributed by atoms with Crippen LogP contribution in [-0.2, 0) is 4.79 Å². The van der Waals surface area contributed by atoms with Gasteiger partial charge in [-0.05, 0) is 6.92 Å². The van der Waals surface area contributed by atoms with Gasteiger partial charge in [0.25, 0.3) is 0 Å². The summed E-state index contributed by atoms with van der Waals surface area (Å²) < 4.78 is 30.9. The fourth-order valence-electron chi connectivity index (χ4n) is 1.08. The van der Waals surface area contributed by atoms with Crippen molar-refractivity contribution in [3.05, 3.63) is 23.8 Å². The molecule has 1 aromatic carbocycles. The average molecular weight is 230 g/mol. The van der Waals surface area contributed by atoms with Gasteiger partial charge in [-0.25, -0.2) is 8.78 Å². The second kappa shape index (κ2) is 4.89. The number of hydrogen-bond acceptors (Lipinski definition) is 3. The van der Waals surface area contributed by atoms with Crippen LogP contribution in [0.3, 0.4) is 0 Å². The zero-order chi connectivity index (χ0) is 12.3. The molecule has 3 N–H and O–H groups in total. The molecular formula is C10H12F2N2O2. The Hall–Kier alpha value is -1.69. The van der Waals surface area contributed by atoms with E-state index >= 15 is 0 Å². The van der Waals surface area contributed by atoms with Gasteiger partial charge in [0, 0.05) is 17.8 Å². The van der Waals surface area contributed by atoms with Crippen molar-refractivity contribution in [2.75, 3.05) is 12.4 Å². The number of carbonyl (C=O) groups is 1. The van der Waals surface area contributed by atoms with Crippen LogP contribution >= 0.6 is 0 Å². The summed E-state index contributed by atoms with van der Waals surface area (Å²) in [5.74, 6) is -2.78. The number of benzene rings is 1. The highest BCUT2D eigenvalue weighted by atomic mass is 19.1. The molecule has 1 atom stereocenters. The standard InChI is InChI=1S/C10H12F2N2O2/c1-5(13)10(15)14-6-3-7(11)9(16-2)8(12)4-6/h3-5H,13H2,1-2H3,(H,14,15)/t5-/m0/s1. The van der Waals surface area contributed by atoms with Crippen molar-refractivity contribution in [1.29, 1.82) is 0 Å². The minimum Gasteiger partial charge on any atom is -0.491 e. The number of amides is 1. The van der Waals surface area contributed by atoms with Gasteiger partial charge < -0.3 is 15.8 Å². The topological polar surface area (TPSA) is 64.3 Å². The molecule has 88 valence electrons. The molecule has 0 aliphatic carbocycles. The first-order valence-corrected chi connectivity index (χ1v) is 4.55. The lowest BCUT2D eigenvalue weighted by atomic mass is 10.2. The number of carbonyl (C=O) groups excluding carboxylic acids is 1. The van der Waals surface area contributed by atoms with Crippen molar-refractivity contribution in [3.63, 3.8) is 0 Å². The number of nitrogens with two attached hydrogens (primary N) is 1. The van der Waals surface area contributed by atoms with Crippen molar-refractivity contribution in [2.24, 2.45) is 5.73 Å². The number of anilines is 1. The lowest BCUT2D eigenvalue weighted by Gasteiger charge is -2.10. The van der Waals surface area contributed by atoms with Crippen LogP contribution in [0.15, 0.2) is 12.1 Å². The van der Waals surface area contributed by atoms with Gasteiger partial charge in [-0.2, -0.15) is 0 Å². The molecular weight excluding hydrogens is 218 g/mol. The largest absolute Gasteiger partial charge is 0.491 e. The molecule has 1 amide bonds. The predicted octanol–water partition coefficient (Wildman–Crippen LogP) is 1.26. The third kappa shape index (κ3) is 2.66. The van der Waals surface area contributed by atoms with Crippen LogP contribution in [0.4, 0.5) is 14.5 Å². The molecule has 0 aliphatic heterocycles. The number of halogens is 2. The summed E-state index contributed by atoms with van der Waals surface area (Å²) >= 11 is 0. The molecule has 0 saturated heterocycles. The molecule has 0 saturated carbocycles. The first kappa shape index (κ1) is 12.4. The molecule has 0 bridgehead atoms. The molecule has 0 spiro atoms. The molecule has 4 nitrogen and oxygen atoms in total. The third-order valence-electron chi connectivity index (χ3n) is 1.88. The summed E-state index contributed by atoms with van der Waals surface area (Å²) in [6.07, 6.45) is 0. The Morgan fingerprint density at radius 1 is 1.44 bits per heavy atom. The highest BCUT2D eigenvalue weighted by Gasteiger charge is 2.14. The molecule has 0 aliphatic rings. The lowest BCUT2D eigenvalue weighted by molar-refractivity contribution is -0.117. The molecule has 0 aromatic heterocycles. The SMILES string of the molecule is COc1c(F)cc(NC(=O)[C@H](C)N)cc1F. The molecule has 1 aromatic rings. The van der Waals surface area contributed by atoms with E-state index in [-0.39, 0.29) is 5.69 Å². The number of hydrogen-bond donors (Lipinski definition) is 2. The highest BCUT2D eigenvalue weighted by molar-refractivity contribution is 5.94. The average Bonchev–Trinajstić information content (AvgIpc) is 2.16. The highest BCUT2D eigenvalue weighted by Crippen LogP contribution is 2.25. The van der Waals surface area contributed by atoms with Crippen LogP contribution in [-0.4, -0.2) is 19.1 Å². The summed E-state index contributed by atoms with van der Waals surface area (Å²) in [6.45, 7) is 1.46. The quantitative estimate of drug-likeness (QED) is 0.821. The Balaban J connectivity index is 2.96. The lowest BCUT2D eigenvalue weighted by Crippen LogP contribution is -2.32. The Morgan fingerprint density at radius 2 is 1.94 bits per heavy atom. The third-order valence-corrected chi connectivity index (χ3v) is 1.88. The van der Waals surface area contributed by atoms with Gasteiger partial charge >= 0.3 is 0 Å². The Kier molecular flexibility index (Phi) is 3.78. The number of ether oxygens (including phenoxy) is 1. The van der Waals surface area contributed by atoms with E-state index in [2.05, 4.69) is 10.1 Å². The van der Waals surface area contributed by atoms with Gasteiger partial charge in [0.1, 0.15) is 0 Å². The molecule has 0 radical (unpaired) electrons. The van der Waals surface area contributed by atoms with Crippen molar-refractivity contribution in [1.82, 2.24) is 0 Å². The van der Waals surface area contributed by atoms with Crippen molar-refractivity contribution in [2.45, 2.75) is 13.0 Å². The number of rotatable bonds is 3. The van der Waals surface area contributed by atoms with Gasteiger partial charge in [0.15, 0.2) is 17.4 Å². The van der Waals surface area contributed by atoms with Crippen LogP contribution in [0.5, 0.6) is 5.75 Å². The zero-order valence-electron chi connectivity index (χ0n) is 8.88. The van der Waals surface area contributed by atoms with Gasteiger partial charge in [0.05, 0.1) is 13.2 Å². The van der Waals surface area contributed by atoms with Crippen LogP contribution in [0.2, 0.25) is 0 Å². The van der Waals surface area contributed by atoms with Crippen LogP contribution < -0.4 is 15.8 Å². The monoisotopic (exact) mass is 230 g/mol. The van der Waals surface area contributed by atoms with E-state index < -0.39 is 29.3 Å². The van der Waals surface area contributed by atoms with Crippen LogP contribution in [0.1, 0.15) is 6.92 Å². The van der Waals surface area contributed by atoms with Gasteiger partial charge in [-0.1, -0.05) is 0 Å². The van der Waals surface area contributed by atoms with E-state index in [1.165, 1.54) is 6.92 Å². The molecule has 6 heteroatoms. The number of methoxy groups -OCH3 is 1. The maximum absolute atomic E-state index is 13.2. The summed E-state index contributed by atoms with van der Waals surface area (Å²) in [5.41, 5.74) is 5.29. The minimum atomic E-state index is -0.887. The van der Waals surface area contributed by atoms with E-state index in [0.717, 1.165) is 19.2 Å².